The Balaban J connectivity index is 4.26. The van der Waals surface area contributed by atoms with Crippen LogP contribution in [0.25, 0.3) is 0 Å². The first-order chi connectivity index (χ1) is 7.51. The van der Waals surface area contributed by atoms with Crippen LogP contribution in [0.2, 0.25) is 0 Å². The fraction of sp³-hybridized carbons (Fsp3) is 0.786. The Bertz CT molecular complexity index is 237. The lowest BCUT2D eigenvalue weighted by atomic mass is 9.96. The third-order valence-electron chi connectivity index (χ3n) is 3.01. The van der Waals surface area contributed by atoms with Gasteiger partial charge in [0.05, 0.1) is 0 Å². The molecule has 0 N–H and O–H groups in total. The first-order valence-corrected chi connectivity index (χ1v) is 6.39. The van der Waals surface area contributed by atoms with Gasteiger partial charge in [-0.2, -0.15) is 0 Å². The fourth-order valence-corrected chi connectivity index (χ4v) is 1.54. The van der Waals surface area contributed by atoms with Crippen LogP contribution < -0.4 is 0 Å². The van der Waals surface area contributed by atoms with Crippen LogP contribution in [0.5, 0.6) is 0 Å². The van der Waals surface area contributed by atoms with Crippen LogP contribution in [0.3, 0.4) is 0 Å². The summed E-state index contributed by atoms with van der Waals surface area (Å²) in [5.41, 5.74) is 2.59. The zero-order chi connectivity index (χ0) is 12.6. The molecule has 94 valence electrons. The summed E-state index contributed by atoms with van der Waals surface area (Å²) in [4.78, 5) is 6.76. The van der Waals surface area contributed by atoms with E-state index in [0.29, 0.717) is 5.92 Å². The summed E-state index contributed by atoms with van der Waals surface area (Å²) < 4.78 is 0. The van der Waals surface area contributed by atoms with Crippen LogP contribution in [-0.4, -0.2) is 30.7 Å². The molecular formula is C14H28N2. The highest BCUT2D eigenvalue weighted by molar-refractivity contribution is 5.79. The van der Waals surface area contributed by atoms with E-state index in [-0.39, 0.29) is 0 Å². The number of hydrogen-bond donors (Lipinski definition) is 0. The summed E-state index contributed by atoms with van der Waals surface area (Å²) in [6.07, 6.45) is 4.39. The van der Waals surface area contributed by atoms with Gasteiger partial charge in [0, 0.05) is 11.9 Å². The molecule has 0 rings (SSSR count). The summed E-state index contributed by atoms with van der Waals surface area (Å²) in [6, 6.07) is 0. The highest BCUT2D eigenvalue weighted by Crippen LogP contribution is 2.18. The van der Waals surface area contributed by atoms with Crippen molar-refractivity contribution in [3.8, 4) is 0 Å². The van der Waals surface area contributed by atoms with Gasteiger partial charge in [-0.25, -0.2) is 0 Å². The summed E-state index contributed by atoms with van der Waals surface area (Å²) in [7, 11) is 2.18. The Morgan fingerprint density at radius 3 is 2.38 bits per heavy atom. The van der Waals surface area contributed by atoms with Gasteiger partial charge in [0.2, 0.25) is 0 Å². The quantitative estimate of drug-likeness (QED) is 0.601. The SMILES string of the molecule is CC/C(=C\N=C(C)C)C(C)CCN(C)CC. The van der Waals surface area contributed by atoms with Gasteiger partial charge in [0.25, 0.3) is 0 Å². The number of hydrogen-bond acceptors (Lipinski definition) is 2. The molecule has 0 amide bonds. The lowest BCUT2D eigenvalue weighted by Crippen LogP contribution is -2.21. The summed E-state index contributed by atoms with van der Waals surface area (Å²) in [6.45, 7) is 13.1. The summed E-state index contributed by atoms with van der Waals surface area (Å²) >= 11 is 0. The molecule has 0 aromatic heterocycles. The Kier molecular flexibility index (Phi) is 8.18. The number of nitrogens with zero attached hydrogens (tertiary/aromatic N) is 2. The molecule has 1 atom stereocenters. The van der Waals surface area contributed by atoms with Gasteiger partial charge in [-0.15, -0.1) is 0 Å². The molecule has 0 bridgehead atoms. The normalized spacial score (nSPS) is 14.1. The highest BCUT2D eigenvalue weighted by Gasteiger charge is 2.07. The molecule has 0 saturated heterocycles. The lowest BCUT2D eigenvalue weighted by molar-refractivity contribution is 0.328. The van der Waals surface area contributed by atoms with Crippen molar-refractivity contribution >= 4 is 5.71 Å². The van der Waals surface area contributed by atoms with Crippen molar-refractivity contribution in [3.05, 3.63) is 11.8 Å². The van der Waals surface area contributed by atoms with E-state index in [1.54, 1.807) is 0 Å². The average Bonchev–Trinajstić information content (AvgIpc) is 2.26. The number of allylic oxidation sites excluding steroid dienone is 1. The molecule has 1 unspecified atom stereocenters. The fourth-order valence-electron chi connectivity index (χ4n) is 1.54. The predicted octanol–water partition coefficient (Wildman–Crippen LogP) is 3.74. The van der Waals surface area contributed by atoms with Crippen molar-refractivity contribution in [2.45, 2.75) is 47.5 Å². The molecule has 2 heteroatoms. The minimum Gasteiger partial charge on any atom is -0.307 e. The molecule has 0 heterocycles. The summed E-state index contributed by atoms with van der Waals surface area (Å²) in [5.74, 6) is 0.641. The van der Waals surface area contributed by atoms with Crippen molar-refractivity contribution in [2.24, 2.45) is 10.9 Å². The van der Waals surface area contributed by atoms with E-state index in [2.05, 4.69) is 43.9 Å². The second-order valence-electron chi connectivity index (χ2n) is 4.72. The Hall–Kier alpha value is -0.630. The molecule has 16 heavy (non-hydrogen) atoms. The van der Waals surface area contributed by atoms with Crippen LogP contribution in [0, 0.1) is 5.92 Å². The monoisotopic (exact) mass is 224 g/mol. The molecule has 0 spiro atoms. The third-order valence-corrected chi connectivity index (χ3v) is 3.01. The first kappa shape index (κ1) is 15.4. The van der Waals surface area contributed by atoms with Crippen LogP contribution in [-0.2, 0) is 0 Å². The Morgan fingerprint density at radius 1 is 1.31 bits per heavy atom. The van der Waals surface area contributed by atoms with Gasteiger partial charge < -0.3 is 4.90 Å². The van der Waals surface area contributed by atoms with Crippen LogP contribution in [0.1, 0.15) is 47.5 Å². The van der Waals surface area contributed by atoms with Crippen molar-refractivity contribution in [3.63, 3.8) is 0 Å². The summed E-state index contributed by atoms with van der Waals surface area (Å²) in [5, 5.41) is 0. The van der Waals surface area contributed by atoms with Crippen molar-refractivity contribution in [1.82, 2.24) is 4.90 Å². The predicted molar refractivity (Wildman–Crippen MR) is 74.1 cm³/mol. The van der Waals surface area contributed by atoms with E-state index in [4.69, 9.17) is 0 Å². The van der Waals surface area contributed by atoms with Gasteiger partial charge in [-0.3, -0.25) is 4.99 Å². The molecule has 0 saturated carbocycles. The molecule has 0 radical (unpaired) electrons. The van der Waals surface area contributed by atoms with Gasteiger partial charge in [0.1, 0.15) is 0 Å². The van der Waals surface area contributed by atoms with Gasteiger partial charge in [-0.05, 0) is 58.3 Å². The molecule has 0 aliphatic rings. The van der Waals surface area contributed by atoms with E-state index in [1.165, 1.54) is 18.5 Å². The van der Waals surface area contributed by atoms with Gasteiger partial charge in [-0.1, -0.05) is 20.8 Å². The van der Waals surface area contributed by atoms with E-state index in [0.717, 1.165) is 18.7 Å². The molecule has 0 fully saturated rings. The largest absolute Gasteiger partial charge is 0.307 e. The van der Waals surface area contributed by atoms with Crippen molar-refractivity contribution < 1.29 is 0 Å². The lowest BCUT2D eigenvalue weighted by Gasteiger charge is -2.19. The zero-order valence-electron chi connectivity index (χ0n) is 11.9. The number of rotatable bonds is 7. The van der Waals surface area contributed by atoms with E-state index >= 15 is 0 Å². The van der Waals surface area contributed by atoms with E-state index in [1.807, 2.05) is 13.8 Å². The topological polar surface area (TPSA) is 15.6 Å². The first-order valence-electron chi connectivity index (χ1n) is 6.39. The van der Waals surface area contributed by atoms with Crippen LogP contribution in [0.15, 0.2) is 16.8 Å². The van der Waals surface area contributed by atoms with Crippen LogP contribution in [0.4, 0.5) is 0 Å². The second kappa shape index (κ2) is 8.51. The molecule has 0 aliphatic heterocycles. The minimum absolute atomic E-state index is 0.641. The maximum Gasteiger partial charge on any atom is 0.0261 e. The minimum atomic E-state index is 0.641. The van der Waals surface area contributed by atoms with Crippen molar-refractivity contribution in [1.29, 1.82) is 0 Å². The third kappa shape index (κ3) is 6.78. The maximum atomic E-state index is 4.41. The smallest absolute Gasteiger partial charge is 0.0261 e. The number of aliphatic imine (C=N–C) groups is 1. The Labute approximate surface area is 101 Å². The van der Waals surface area contributed by atoms with E-state index < -0.39 is 0 Å². The second-order valence-corrected chi connectivity index (χ2v) is 4.72. The van der Waals surface area contributed by atoms with Crippen LogP contribution >= 0.6 is 0 Å². The van der Waals surface area contributed by atoms with Gasteiger partial charge >= 0.3 is 0 Å². The Morgan fingerprint density at radius 2 is 1.94 bits per heavy atom. The molecule has 0 aliphatic carbocycles. The molecular weight excluding hydrogens is 196 g/mol. The molecule has 0 aromatic carbocycles. The standard InChI is InChI=1S/C14H28N2/c1-7-14(11-15-12(3)4)13(5)9-10-16(6)8-2/h11,13H,7-10H2,1-6H3/b14-11+. The highest BCUT2D eigenvalue weighted by atomic mass is 15.1. The molecule has 2 nitrogen and oxygen atoms in total. The average molecular weight is 224 g/mol. The van der Waals surface area contributed by atoms with Gasteiger partial charge in [0.15, 0.2) is 0 Å². The van der Waals surface area contributed by atoms with E-state index in [9.17, 15) is 0 Å². The van der Waals surface area contributed by atoms with Crippen molar-refractivity contribution in [2.75, 3.05) is 20.1 Å². The maximum absolute atomic E-state index is 4.41. The molecule has 0 aromatic rings. The zero-order valence-corrected chi connectivity index (χ0v) is 11.9.